The van der Waals surface area contributed by atoms with Crippen LogP contribution in [0, 0.1) is 0 Å². The summed E-state index contributed by atoms with van der Waals surface area (Å²) in [4.78, 5) is 11.6. The zero-order valence-electron chi connectivity index (χ0n) is 10.0. The normalized spacial score (nSPS) is 12.3. The van der Waals surface area contributed by atoms with Gasteiger partial charge in [-0.3, -0.25) is 4.79 Å². The maximum Gasteiger partial charge on any atom is 0.387 e. The Morgan fingerprint density at radius 3 is 2.50 bits per heavy atom. The topological polar surface area (TPSA) is 64.4 Å². The summed E-state index contributed by atoms with van der Waals surface area (Å²) in [5, 5.41) is 2.60. The van der Waals surface area contributed by atoms with Gasteiger partial charge in [-0.05, 0) is 30.7 Å². The van der Waals surface area contributed by atoms with Crippen molar-refractivity contribution < 1.29 is 18.3 Å². The summed E-state index contributed by atoms with van der Waals surface area (Å²) in [6, 6.07) is 5.11. The first-order chi connectivity index (χ1) is 8.52. The Kier molecular flexibility index (Phi) is 5.51. The third-order valence-corrected chi connectivity index (χ3v) is 2.28. The van der Waals surface area contributed by atoms with Crippen LogP contribution in [0.15, 0.2) is 24.3 Å². The van der Waals surface area contributed by atoms with Crippen LogP contribution < -0.4 is 15.8 Å². The fourth-order valence-corrected chi connectivity index (χ4v) is 1.40. The first kappa shape index (κ1) is 14.4. The van der Waals surface area contributed by atoms with E-state index in [1.807, 2.05) is 6.92 Å². The summed E-state index contributed by atoms with van der Waals surface area (Å²) in [6.45, 7) is -0.924. The van der Waals surface area contributed by atoms with E-state index < -0.39 is 12.7 Å². The van der Waals surface area contributed by atoms with Crippen LogP contribution in [-0.2, 0) is 4.79 Å². The minimum Gasteiger partial charge on any atom is -0.435 e. The van der Waals surface area contributed by atoms with Crippen molar-refractivity contribution in [2.24, 2.45) is 5.73 Å². The van der Waals surface area contributed by atoms with Crippen molar-refractivity contribution in [2.75, 3.05) is 5.32 Å². The molecular weight excluding hydrogens is 242 g/mol. The zero-order valence-corrected chi connectivity index (χ0v) is 10.0. The van der Waals surface area contributed by atoms with Gasteiger partial charge in [0.2, 0.25) is 5.91 Å². The quantitative estimate of drug-likeness (QED) is 0.823. The molecule has 0 saturated heterocycles. The minimum atomic E-state index is -2.86. The van der Waals surface area contributed by atoms with Crippen LogP contribution in [0.2, 0.25) is 0 Å². The van der Waals surface area contributed by atoms with Crippen LogP contribution in [0.1, 0.15) is 19.8 Å². The van der Waals surface area contributed by atoms with E-state index in [1.165, 1.54) is 24.3 Å². The molecule has 0 aliphatic rings. The van der Waals surface area contributed by atoms with Gasteiger partial charge in [-0.25, -0.2) is 0 Å². The summed E-state index contributed by atoms with van der Waals surface area (Å²) in [5.41, 5.74) is 6.13. The number of ether oxygens (including phenoxy) is 1. The molecule has 0 radical (unpaired) electrons. The van der Waals surface area contributed by atoms with Gasteiger partial charge in [0, 0.05) is 5.69 Å². The molecule has 1 amide bonds. The standard InChI is InChI=1S/C12H16F2N2O2/c1-2-3-10(15)11(17)16-8-4-6-9(7-5-8)18-12(13)14/h4-7,10,12H,2-3,15H2,1H3,(H,16,17)/t10-/m1/s1. The second kappa shape index (κ2) is 6.90. The second-order valence-electron chi connectivity index (χ2n) is 3.79. The van der Waals surface area contributed by atoms with Crippen molar-refractivity contribution in [3.05, 3.63) is 24.3 Å². The largest absolute Gasteiger partial charge is 0.435 e. The van der Waals surface area contributed by atoms with E-state index in [2.05, 4.69) is 10.1 Å². The third kappa shape index (κ3) is 4.67. The number of carbonyl (C=O) groups is 1. The van der Waals surface area contributed by atoms with Gasteiger partial charge < -0.3 is 15.8 Å². The van der Waals surface area contributed by atoms with E-state index >= 15 is 0 Å². The van der Waals surface area contributed by atoms with Crippen molar-refractivity contribution in [3.8, 4) is 5.75 Å². The molecule has 4 nitrogen and oxygen atoms in total. The van der Waals surface area contributed by atoms with Crippen molar-refractivity contribution in [1.82, 2.24) is 0 Å². The number of amides is 1. The summed E-state index contributed by atoms with van der Waals surface area (Å²) >= 11 is 0. The fourth-order valence-electron chi connectivity index (χ4n) is 1.40. The Labute approximate surface area is 104 Å². The van der Waals surface area contributed by atoms with Crippen molar-refractivity contribution in [3.63, 3.8) is 0 Å². The van der Waals surface area contributed by atoms with Gasteiger partial charge in [-0.15, -0.1) is 0 Å². The third-order valence-electron chi connectivity index (χ3n) is 2.28. The molecule has 0 bridgehead atoms. The Bertz CT molecular complexity index is 382. The van der Waals surface area contributed by atoms with Gasteiger partial charge >= 0.3 is 6.61 Å². The van der Waals surface area contributed by atoms with Crippen molar-refractivity contribution >= 4 is 11.6 Å². The molecule has 1 aromatic rings. The molecule has 0 unspecified atom stereocenters. The van der Waals surface area contributed by atoms with Gasteiger partial charge in [0.05, 0.1) is 6.04 Å². The number of anilines is 1. The molecule has 3 N–H and O–H groups in total. The van der Waals surface area contributed by atoms with Crippen molar-refractivity contribution in [2.45, 2.75) is 32.4 Å². The van der Waals surface area contributed by atoms with Crippen LogP contribution in [0.5, 0.6) is 5.75 Å². The highest BCUT2D eigenvalue weighted by molar-refractivity contribution is 5.94. The summed E-state index contributed by atoms with van der Waals surface area (Å²) < 4.78 is 28.0. The number of alkyl halides is 2. The molecule has 0 heterocycles. The van der Waals surface area contributed by atoms with Crippen LogP contribution in [0.3, 0.4) is 0 Å². The van der Waals surface area contributed by atoms with Crippen LogP contribution in [-0.4, -0.2) is 18.6 Å². The SMILES string of the molecule is CCC[C@@H](N)C(=O)Nc1ccc(OC(F)F)cc1. The van der Waals surface area contributed by atoms with Crippen molar-refractivity contribution in [1.29, 1.82) is 0 Å². The average molecular weight is 258 g/mol. The average Bonchev–Trinajstić information content (AvgIpc) is 2.31. The smallest absolute Gasteiger partial charge is 0.387 e. The molecule has 100 valence electrons. The minimum absolute atomic E-state index is 0.0425. The highest BCUT2D eigenvalue weighted by Crippen LogP contribution is 2.17. The van der Waals surface area contributed by atoms with Gasteiger partial charge in [0.25, 0.3) is 0 Å². The summed E-state index contributed by atoms with van der Waals surface area (Å²) in [5.74, 6) is -0.250. The molecule has 0 fully saturated rings. The fraction of sp³-hybridized carbons (Fsp3) is 0.417. The van der Waals surface area contributed by atoms with E-state index in [0.29, 0.717) is 12.1 Å². The Morgan fingerprint density at radius 2 is 2.00 bits per heavy atom. The van der Waals surface area contributed by atoms with E-state index in [4.69, 9.17) is 5.73 Å². The molecule has 0 saturated carbocycles. The Hall–Kier alpha value is -1.69. The number of carbonyl (C=O) groups excluding carboxylic acids is 1. The molecule has 18 heavy (non-hydrogen) atoms. The molecule has 1 atom stereocenters. The number of hydrogen-bond acceptors (Lipinski definition) is 3. The van der Waals surface area contributed by atoms with E-state index in [0.717, 1.165) is 6.42 Å². The number of halogens is 2. The van der Waals surface area contributed by atoms with Gasteiger partial charge in [0.15, 0.2) is 0 Å². The lowest BCUT2D eigenvalue weighted by molar-refractivity contribution is -0.117. The molecule has 0 aromatic heterocycles. The lowest BCUT2D eigenvalue weighted by atomic mass is 10.1. The van der Waals surface area contributed by atoms with Gasteiger partial charge in [-0.1, -0.05) is 13.3 Å². The number of hydrogen-bond donors (Lipinski definition) is 2. The van der Waals surface area contributed by atoms with E-state index in [9.17, 15) is 13.6 Å². The molecule has 0 aliphatic heterocycles. The van der Waals surface area contributed by atoms with E-state index in [-0.39, 0.29) is 11.7 Å². The zero-order chi connectivity index (χ0) is 13.5. The predicted octanol–water partition coefficient (Wildman–Crippen LogP) is 2.35. The Balaban J connectivity index is 2.55. The molecule has 1 aromatic carbocycles. The molecule has 0 spiro atoms. The Morgan fingerprint density at radius 1 is 1.39 bits per heavy atom. The van der Waals surface area contributed by atoms with Crippen LogP contribution in [0.4, 0.5) is 14.5 Å². The lowest BCUT2D eigenvalue weighted by Gasteiger charge is -2.11. The maximum atomic E-state index is 11.9. The molecule has 0 aliphatic carbocycles. The highest BCUT2D eigenvalue weighted by Gasteiger charge is 2.12. The predicted molar refractivity (Wildman–Crippen MR) is 64.6 cm³/mol. The first-order valence-electron chi connectivity index (χ1n) is 5.64. The van der Waals surface area contributed by atoms with Gasteiger partial charge in [0.1, 0.15) is 5.75 Å². The first-order valence-corrected chi connectivity index (χ1v) is 5.64. The molecule has 6 heteroatoms. The number of nitrogens with one attached hydrogen (secondary N) is 1. The maximum absolute atomic E-state index is 11.9. The highest BCUT2D eigenvalue weighted by atomic mass is 19.3. The molecule has 1 rings (SSSR count). The molecular formula is C12H16F2N2O2. The number of rotatable bonds is 6. The summed E-state index contributed by atoms with van der Waals surface area (Å²) in [7, 11) is 0. The van der Waals surface area contributed by atoms with Gasteiger partial charge in [-0.2, -0.15) is 8.78 Å². The number of benzene rings is 1. The second-order valence-corrected chi connectivity index (χ2v) is 3.79. The van der Waals surface area contributed by atoms with E-state index in [1.54, 1.807) is 0 Å². The summed E-state index contributed by atoms with van der Waals surface area (Å²) in [6.07, 6.45) is 1.41. The number of nitrogens with two attached hydrogens (primary N) is 1. The lowest BCUT2D eigenvalue weighted by Crippen LogP contribution is -2.35. The van der Waals surface area contributed by atoms with Crippen LogP contribution in [0.25, 0.3) is 0 Å². The monoisotopic (exact) mass is 258 g/mol. The van der Waals surface area contributed by atoms with Crippen LogP contribution >= 0.6 is 0 Å².